The highest BCUT2D eigenvalue weighted by Gasteiger charge is 2.17. The van der Waals surface area contributed by atoms with E-state index < -0.39 is 0 Å². The van der Waals surface area contributed by atoms with E-state index in [-0.39, 0.29) is 5.91 Å². The fraction of sp³-hybridized carbons (Fsp3) is 0.200. The molecule has 2 N–H and O–H groups in total. The fourth-order valence-electron chi connectivity index (χ4n) is 3.53. The quantitative estimate of drug-likeness (QED) is 0.442. The maximum atomic E-state index is 12.8. The number of methoxy groups -OCH3 is 3. The number of imidazole rings is 1. The Labute approximate surface area is 186 Å². The molecule has 0 aliphatic heterocycles. The van der Waals surface area contributed by atoms with Gasteiger partial charge in [-0.2, -0.15) is 0 Å². The number of carbonyl (C=O) groups excluding carboxylic acids is 1. The Morgan fingerprint density at radius 1 is 0.875 bits per heavy atom. The first-order chi connectivity index (χ1) is 15.4. The number of carbonyl (C=O) groups is 1. The molecule has 164 valence electrons. The molecule has 0 fully saturated rings. The summed E-state index contributed by atoms with van der Waals surface area (Å²) in [6.45, 7) is 4.16. The van der Waals surface area contributed by atoms with E-state index in [1.165, 1.54) is 32.5 Å². The van der Waals surface area contributed by atoms with Crippen molar-refractivity contribution in [2.75, 3.05) is 26.6 Å². The van der Waals surface area contributed by atoms with E-state index in [1.807, 2.05) is 24.3 Å². The smallest absolute Gasteiger partial charge is 0.255 e. The number of aromatic amines is 1. The normalized spacial score (nSPS) is 10.8. The summed E-state index contributed by atoms with van der Waals surface area (Å²) in [6.07, 6.45) is 0. The number of aromatic nitrogens is 2. The number of hydrogen-bond donors (Lipinski definition) is 2. The van der Waals surface area contributed by atoms with Crippen LogP contribution < -0.4 is 19.5 Å². The number of fused-ring (bicyclic) bond motifs is 1. The number of ether oxygens (including phenoxy) is 3. The third kappa shape index (κ3) is 3.97. The highest BCUT2D eigenvalue weighted by atomic mass is 16.5. The van der Waals surface area contributed by atoms with Gasteiger partial charge in [-0.15, -0.1) is 0 Å². The minimum absolute atomic E-state index is 0.285. The number of aryl methyl sites for hydroxylation is 2. The van der Waals surface area contributed by atoms with Gasteiger partial charge < -0.3 is 24.5 Å². The second-order valence-corrected chi connectivity index (χ2v) is 7.48. The highest BCUT2D eigenvalue weighted by molar-refractivity contribution is 6.05. The largest absolute Gasteiger partial charge is 0.493 e. The van der Waals surface area contributed by atoms with Gasteiger partial charge in [0.1, 0.15) is 5.82 Å². The molecule has 0 radical (unpaired) electrons. The summed E-state index contributed by atoms with van der Waals surface area (Å²) in [5, 5.41) is 2.90. The van der Waals surface area contributed by atoms with Gasteiger partial charge in [-0.05, 0) is 73.5 Å². The average Bonchev–Trinajstić information content (AvgIpc) is 3.21. The number of nitrogens with zero attached hydrogens (tertiary/aromatic N) is 1. The minimum Gasteiger partial charge on any atom is -0.493 e. The van der Waals surface area contributed by atoms with E-state index in [2.05, 4.69) is 36.3 Å². The number of anilines is 1. The Bertz CT molecular complexity index is 1230. The molecule has 4 aromatic rings. The van der Waals surface area contributed by atoms with Crippen molar-refractivity contribution in [1.29, 1.82) is 0 Å². The summed E-state index contributed by atoms with van der Waals surface area (Å²) in [7, 11) is 4.54. The van der Waals surface area contributed by atoms with Crippen LogP contribution in [0.3, 0.4) is 0 Å². The Balaban J connectivity index is 1.56. The summed E-state index contributed by atoms with van der Waals surface area (Å²) < 4.78 is 16.0. The molecule has 0 unspecified atom stereocenters. The monoisotopic (exact) mass is 431 g/mol. The lowest BCUT2D eigenvalue weighted by atomic mass is 10.1. The molecule has 0 atom stereocenters. The van der Waals surface area contributed by atoms with Gasteiger partial charge in [-0.3, -0.25) is 4.79 Å². The first kappa shape index (κ1) is 21.2. The molecule has 1 heterocycles. The van der Waals surface area contributed by atoms with E-state index in [1.54, 1.807) is 12.1 Å². The van der Waals surface area contributed by atoms with Crippen LogP contribution in [0.2, 0.25) is 0 Å². The van der Waals surface area contributed by atoms with Crippen molar-refractivity contribution < 1.29 is 19.0 Å². The molecule has 32 heavy (non-hydrogen) atoms. The predicted octanol–water partition coefficient (Wildman–Crippen LogP) is 5.12. The van der Waals surface area contributed by atoms with E-state index in [9.17, 15) is 4.79 Å². The maximum Gasteiger partial charge on any atom is 0.255 e. The topological polar surface area (TPSA) is 85.5 Å². The van der Waals surface area contributed by atoms with Crippen LogP contribution in [0.1, 0.15) is 21.5 Å². The number of amides is 1. The van der Waals surface area contributed by atoms with Crippen LogP contribution in [0, 0.1) is 13.8 Å². The average molecular weight is 431 g/mol. The van der Waals surface area contributed by atoms with E-state index in [0.717, 1.165) is 22.4 Å². The number of hydrogen-bond acceptors (Lipinski definition) is 5. The summed E-state index contributed by atoms with van der Waals surface area (Å²) in [6, 6.07) is 14.9. The summed E-state index contributed by atoms with van der Waals surface area (Å²) in [5.74, 6) is 1.77. The molecule has 0 aliphatic rings. The molecule has 0 bridgehead atoms. The first-order valence-corrected chi connectivity index (χ1v) is 10.1. The minimum atomic E-state index is -0.285. The molecule has 7 nitrogen and oxygen atoms in total. The van der Waals surface area contributed by atoms with Gasteiger partial charge in [0.2, 0.25) is 5.75 Å². The van der Waals surface area contributed by atoms with E-state index in [0.29, 0.717) is 28.5 Å². The van der Waals surface area contributed by atoms with Crippen LogP contribution in [0.5, 0.6) is 17.2 Å². The molecule has 4 rings (SSSR count). The molecule has 0 saturated carbocycles. The van der Waals surface area contributed by atoms with Gasteiger partial charge in [0.15, 0.2) is 11.5 Å². The van der Waals surface area contributed by atoms with Crippen molar-refractivity contribution >= 4 is 22.6 Å². The van der Waals surface area contributed by atoms with Crippen LogP contribution in [0.15, 0.2) is 48.5 Å². The van der Waals surface area contributed by atoms with Crippen molar-refractivity contribution in [3.8, 4) is 28.6 Å². The fourth-order valence-corrected chi connectivity index (χ4v) is 3.53. The number of nitrogens with one attached hydrogen (secondary N) is 2. The van der Waals surface area contributed by atoms with Crippen LogP contribution in [-0.4, -0.2) is 37.2 Å². The molecular weight excluding hydrogens is 406 g/mol. The molecule has 0 saturated heterocycles. The predicted molar refractivity (Wildman–Crippen MR) is 125 cm³/mol. The second-order valence-electron chi connectivity index (χ2n) is 7.48. The second kappa shape index (κ2) is 8.63. The molecule has 1 aromatic heterocycles. The lowest BCUT2D eigenvalue weighted by Gasteiger charge is -2.14. The van der Waals surface area contributed by atoms with Crippen molar-refractivity contribution in [2.24, 2.45) is 0 Å². The SMILES string of the molecule is COc1cc(C(=O)Nc2ccc(-c3nc4cc(C)c(C)cc4[nH]3)cc2)cc(OC)c1OC. The van der Waals surface area contributed by atoms with Gasteiger partial charge in [-0.1, -0.05) is 0 Å². The summed E-state index contributed by atoms with van der Waals surface area (Å²) >= 11 is 0. The van der Waals surface area contributed by atoms with Crippen molar-refractivity contribution in [3.63, 3.8) is 0 Å². The van der Waals surface area contributed by atoms with Gasteiger partial charge in [0.25, 0.3) is 5.91 Å². The zero-order chi connectivity index (χ0) is 22.8. The number of H-pyrrole nitrogens is 1. The van der Waals surface area contributed by atoms with Gasteiger partial charge in [-0.25, -0.2) is 4.98 Å². The Hall–Kier alpha value is -4.00. The van der Waals surface area contributed by atoms with Crippen molar-refractivity contribution in [3.05, 3.63) is 65.2 Å². The van der Waals surface area contributed by atoms with Crippen LogP contribution in [0.25, 0.3) is 22.4 Å². The van der Waals surface area contributed by atoms with Gasteiger partial charge >= 0.3 is 0 Å². The van der Waals surface area contributed by atoms with Crippen LogP contribution >= 0.6 is 0 Å². The van der Waals surface area contributed by atoms with Crippen molar-refractivity contribution in [2.45, 2.75) is 13.8 Å². The van der Waals surface area contributed by atoms with Crippen LogP contribution in [-0.2, 0) is 0 Å². The molecule has 0 spiro atoms. The molecule has 0 aliphatic carbocycles. The first-order valence-electron chi connectivity index (χ1n) is 10.1. The zero-order valence-corrected chi connectivity index (χ0v) is 18.7. The summed E-state index contributed by atoms with van der Waals surface area (Å²) in [4.78, 5) is 20.9. The standard InChI is InChI=1S/C25H25N3O4/c1-14-10-19-20(11-15(14)2)28-24(27-19)16-6-8-18(9-7-16)26-25(29)17-12-21(30-3)23(32-5)22(13-17)31-4/h6-13H,1-5H3,(H,26,29)(H,27,28). The molecule has 7 heteroatoms. The molecule has 1 amide bonds. The third-order valence-electron chi connectivity index (χ3n) is 5.44. The van der Waals surface area contributed by atoms with Gasteiger partial charge in [0, 0.05) is 16.8 Å². The maximum absolute atomic E-state index is 12.8. The van der Waals surface area contributed by atoms with Gasteiger partial charge in [0.05, 0.1) is 32.4 Å². The number of rotatable bonds is 6. The van der Waals surface area contributed by atoms with Crippen LogP contribution in [0.4, 0.5) is 5.69 Å². The zero-order valence-electron chi connectivity index (χ0n) is 18.7. The highest BCUT2D eigenvalue weighted by Crippen LogP contribution is 2.38. The molecule has 3 aromatic carbocycles. The third-order valence-corrected chi connectivity index (χ3v) is 5.44. The Kier molecular flexibility index (Phi) is 5.73. The number of benzene rings is 3. The van der Waals surface area contributed by atoms with E-state index in [4.69, 9.17) is 19.2 Å². The van der Waals surface area contributed by atoms with E-state index >= 15 is 0 Å². The Morgan fingerprint density at radius 2 is 1.50 bits per heavy atom. The lowest BCUT2D eigenvalue weighted by Crippen LogP contribution is -2.12. The summed E-state index contributed by atoms with van der Waals surface area (Å²) in [5.41, 5.74) is 6.35. The Morgan fingerprint density at radius 3 is 2.09 bits per heavy atom. The van der Waals surface area contributed by atoms with Crippen molar-refractivity contribution in [1.82, 2.24) is 9.97 Å². The molecular formula is C25H25N3O4. The lowest BCUT2D eigenvalue weighted by molar-refractivity contribution is 0.102.